The van der Waals surface area contributed by atoms with E-state index >= 15 is 0 Å². The number of anilines is 1. The second kappa shape index (κ2) is 5.68. The first-order valence-electron chi connectivity index (χ1n) is 5.01. The number of hydrogen-bond acceptors (Lipinski definition) is 3. The lowest BCUT2D eigenvalue weighted by Crippen LogP contribution is -2.21. The smallest absolute Gasteiger partial charge is 0.129 e. The van der Waals surface area contributed by atoms with Gasteiger partial charge in [0.15, 0.2) is 0 Å². The standard InChI is InChI=1S/C11H18FN3/c1-15(2)7-6-14-11-5-3-4-10(12)9(11)8-13/h3-5,14H,6-8,13H2,1-2H3. The molecule has 0 radical (unpaired) electrons. The molecule has 0 heterocycles. The second-order valence-corrected chi connectivity index (χ2v) is 3.70. The van der Waals surface area contributed by atoms with Crippen LogP contribution in [0.15, 0.2) is 18.2 Å². The van der Waals surface area contributed by atoms with E-state index < -0.39 is 0 Å². The average Bonchev–Trinajstić information content (AvgIpc) is 2.17. The highest BCUT2D eigenvalue weighted by molar-refractivity contribution is 5.51. The zero-order valence-corrected chi connectivity index (χ0v) is 9.26. The summed E-state index contributed by atoms with van der Waals surface area (Å²) in [5, 5.41) is 3.17. The van der Waals surface area contributed by atoms with Crippen LogP contribution in [0.5, 0.6) is 0 Å². The Bertz CT molecular complexity index is 313. The summed E-state index contributed by atoms with van der Waals surface area (Å²) in [5.74, 6) is -0.243. The van der Waals surface area contributed by atoms with Gasteiger partial charge in [-0.2, -0.15) is 0 Å². The van der Waals surface area contributed by atoms with Gasteiger partial charge in [-0.3, -0.25) is 0 Å². The monoisotopic (exact) mass is 211 g/mol. The summed E-state index contributed by atoms with van der Waals surface area (Å²) >= 11 is 0. The molecule has 0 bridgehead atoms. The minimum absolute atomic E-state index is 0.219. The van der Waals surface area contributed by atoms with E-state index in [0.29, 0.717) is 5.56 Å². The Balaban J connectivity index is 2.64. The van der Waals surface area contributed by atoms with Crippen LogP contribution < -0.4 is 11.1 Å². The third-order valence-corrected chi connectivity index (χ3v) is 2.20. The van der Waals surface area contributed by atoms with Gasteiger partial charge in [0.1, 0.15) is 5.82 Å². The molecular weight excluding hydrogens is 193 g/mol. The fourth-order valence-corrected chi connectivity index (χ4v) is 1.35. The van der Waals surface area contributed by atoms with E-state index in [1.807, 2.05) is 20.2 Å². The van der Waals surface area contributed by atoms with E-state index in [2.05, 4.69) is 10.2 Å². The summed E-state index contributed by atoms with van der Waals surface area (Å²) in [5.41, 5.74) is 6.84. The van der Waals surface area contributed by atoms with Gasteiger partial charge in [-0.15, -0.1) is 0 Å². The highest BCUT2D eigenvalue weighted by Gasteiger charge is 2.05. The Morgan fingerprint density at radius 3 is 2.73 bits per heavy atom. The van der Waals surface area contributed by atoms with Crippen molar-refractivity contribution in [2.45, 2.75) is 6.54 Å². The van der Waals surface area contributed by atoms with Gasteiger partial charge in [0, 0.05) is 30.9 Å². The molecule has 4 heteroatoms. The van der Waals surface area contributed by atoms with Crippen molar-refractivity contribution in [1.29, 1.82) is 0 Å². The molecule has 0 amide bonds. The molecule has 0 saturated heterocycles. The quantitative estimate of drug-likeness (QED) is 0.770. The molecule has 0 aromatic heterocycles. The summed E-state index contributed by atoms with van der Waals surface area (Å²) in [6, 6.07) is 4.97. The van der Waals surface area contributed by atoms with Gasteiger partial charge < -0.3 is 16.0 Å². The van der Waals surface area contributed by atoms with E-state index in [1.165, 1.54) is 6.07 Å². The van der Waals surface area contributed by atoms with Crippen LogP contribution in [0.1, 0.15) is 5.56 Å². The summed E-state index contributed by atoms with van der Waals surface area (Å²) in [6.45, 7) is 1.90. The third kappa shape index (κ3) is 3.49. The molecule has 0 aliphatic carbocycles. The lowest BCUT2D eigenvalue weighted by Gasteiger charge is -2.14. The van der Waals surface area contributed by atoms with Crippen LogP contribution in [0.2, 0.25) is 0 Å². The van der Waals surface area contributed by atoms with Crippen molar-refractivity contribution in [3.8, 4) is 0 Å². The Morgan fingerprint density at radius 1 is 1.40 bits per heavy atom. The Morgan fingerprint density at radius 2 is 2.13 bits per heavy atom. The van der Waals surface area contributed by atoms with E-state index in [0.717, 1.165) is 18.8 Å². The van der Waals surface area contributed by atoms with Crippen molar-refractivity contribution >= 4 is 5.69 Å². The molecule has 0 aliphatic heterocycles. The van der Waals surface area contributed by atoms with E-state index in [-0.39, 0.29) is 12.4 Å². The van der Waals surface area contributed by atoms with Gasteiger partial charge >= 0.3 is 0 Å². The predicted octanol–water partition coefficient (Wildman–Crippen LogP) is 1.26. The minimum atomic E-state index is -0.243. The van der Waals surface area contributed by atoms with Crippen LogP contribution in [-0.2, 0) is 6.54 Å². The summed E-state index contributed by atoms with van der Waals surface area (Å²) in [7, 11) is 3.99. The molecular formula is C11H18FN3. The average molecular weight is 211 g/mol. The maximum Gasteiger partial charge on any atom is 0.129 e. The molecule has 1 aromatic rings. The van der Waals surface area contributed by atoms with Gasteiger partial charge in [0.25, 0.3) is 0 Å². The highest BCUT2D eigenvalue weighted by atomic mass is 19.1. The Kier molecular flexibility index (Phi) is 4.52. The Labute approximate surface area is 90.1 Å². The van der Waals surface area contributed by atoms with Crippen molar-refractivity contribution in [1.82, 2.24) is 4.90 Å². The highest BCUT2D eigenvalue weighted by Crippen LogP contribution is 2.17. The molecule has 0 saturated carbocycles. The van der Waals surface area contributed by atoms with Gasteiger partial charge in [0.05, 0.1) is 0 Å². The molecule has 1 aromatic carbocycles. The number of nitrogens with two attached hydrogens (primary N) is 1. The van der Waals surface area contributed by atoms with Crippen LogP contribution in [0, 0.1) is 5.82 Å². The minimum Gasteiger partial charge on any atom is -0.383 e. The number of nitrogens with one attached hydrogen (secondary N) is 1. The summed E-state index contributed by atoms with van der Waals surface area (Å²) in [4.78, 5) is 2.06. The number of benzene rings is 1. The maximum atomic E-state index is 13.3. The lowest BCUT2D eigenvalue weighted by atomic mass is 10.1. The van der Waals surface area contributed by atoms with Crippen molar-refractivity contribution in [2.75, 3.05) is 32.5 Å². The number of likely N-dealkylation sites (N-methyl/N-ethyl adjacent to an activating group) is 1. The van der Waals surface area contributed by atoms with Crippen molar-refractivity contribution in [3.05, 3.63) is 29.6 Å². The molecule has 3 nitrogen and oxygen atoms in total. The van der Waals surface area contributed by atoms with Crippen LogP contribution >= 0.6 is 0 Å². The molecule has 1 rings (SSSR count). The van der Waals surface area contributed by atoms with Gasteiger partial charge in [-0.1, -0.05) is 6.07 Å². The number of nitrogens with zero attached hydrogens (tertiary/aromatic N) is 1. The normalized spacial score (nSPS) is 10.7. The molecule has 15 heavy (non-hydrogen) atoms. The summed E-state index contributed by atoms with van der Waals surface area (Å²) in [6.07, 6.45) is 0. The fourth-order valence-electron chi connectivity index (χ4n) is 1.35. The van der Waals surface area contributed by atoms with Crippen molar-refractivity contribution in [3.63, 3.8) is 0 Å². The zero-order valence-electron chi connectivity index (χ0n) is 9.26. The SMILES string of the molecule is CN(C)CCNc1cccc(F)c1CN. The molecule has 0 unspecified atom stereocenters. The first kappa shape index (κ1) is 11.9. The molecule has 0 fully saturated rings. The largest absolute Gasteiger partial charge is 0.383 e. The van der Waals surface area contributed by atoms with Gasteiger partial charge in [0.2, 0.25) is 0 Å². The molecule has 3 N–H and O–H groups in total. The number of halogens is 1. The zero-order chi connectivity index (χ0) is 11.3. The van der Waals surface area contributed by atoms with Crippen LogP contribution in [-0.4, -0.2) is 32.1 Å². The molecule has 84 valence electrons. The third-order valence-electron chi connectivity index (χ3n) is 2.20. The van der Waals surface area contributed by atoms with E-state index in [4.69, 9.17) is 5.73 Å². The number of rotatable bonds is 5. The summed E-state index contributed by atoms with van der Waals surface area (Å²) < 4.78 is 13.3. The molecule has 0 spiro atoms. The van der Waals surface area contributed by atoms with Crippen LogP contribution in [0.4, 0.5) is 10.1 Å². The molecule has 0 atom stereocenters. The van der Waals surface area contributed by atoms with Gasteiger partial charge in [-0.05, 0) is 26.2 Å². The first-order chi connectivity index (χ1) is 7.15. The van der Waals surface area contributed by atoms with Gasteiger partial charge in [-0.25, -0.2) is 4.39 Å². The van der Waals surface area contributed by atoms with E-state index in [9.17, 15) is 4.39 Å². The van der Waals surface area contributed by atoms with Crippen LogP contribution in [0.3, 0.4) is 0 Å². The predicted molar refractivity (Wildman–Crippen MR) is 61.3 cm³/mol. The van der Waals surface area contributed by atoms with Crippen LogP contribution in [0.25, 0.3) is 0 Å². The van der Waals surface area contributed by atoms with E-state index in [1.54, 1.807) is 6.07 Å². The van der Waals surface area contributed by atoms with Crippen molar-refractivity contribution in [2.24, 2.45) is 5.73 Å². The molecule has 0 aliphatic rings. The Hall–Kier alpha value is -1.13. The number of hydrogen-bond donors (Lipinski definition) is 2. The van der Waals surface area contributed by atoms with Crippen molar-refractivity contribution < 1.29 is 4.39 Å². The second-order valence-electron chi connectivity index (χ2n) is 3.70. The lowest BCUT2D eigenvalue weighted by molar-refractivity contribution is 0.425. The maximum absolute atomic E-state index is 13.3. The first-order valence-corrected chi connectivity index (χ1v) is 5.01. The fraction of sp³-hybridized carbons (Fsp3) is 0.455. The topological polar surface area (TPSA) is 41.3 Å².